The fourth-order valence-electron chi connectivity index (χ4n) is 3.94. The van der Waals surface area contributed by atoms with Gasteiger partial charge in [0.25, 0.3) is 0 Å². The maximum atomic E-state index is 12.2. The van der Waals surface area contributed by atoms with Crippen LogP contribution in [0.2, 0.25) is 0 Å². The number of aromatic carboxylic acids is 2. The number of rotatable bonds is 18. The summed E-state index contributed by atoms with van der Waals surface area (Å²) < 4.78 is 17.0. The number of carboxylic acids is 3. The number of carbonyl (C=O) groups is 4. The van der Waals surface area contributed by atoms with Gasteiger partial charge in [-0.2, -0.15) is 0 Å². The Bertz CT molecular complexity index is 1050. The van der Waals surface area contributed by atoms with Crippen LogP contribution in [0.15, 0.2) is 48.5 Å². The molecule has 2 rings (SSSR count). The molecule has 0 fully saturated rings. The molecule has 10 nitrogen and oxygen atoms in total. The Labute approximate surface area is 236 Å². The van der Waals surface area contributed by atoms with Gasteiger partial charge in [-0.1, -0.05) is 0 Å². The van der Waals surface area contributed by atoms with Crippen molar-refractivity contribution >= 4 is 49.4 Å². The minimum absolute atomic E-state index is 0.123. The Morgan fingerprint density at radius 2 is 1.29 bits per heavy atom. The summed E-state index contributed by atoms with van der Waals surface area (Å²) in [6.45, 7) is 0.230. The normalized spacial score (nSPS) is 12.2. The van der Waals surface area contributed by atoms with Gasteiger partial charge in [0.1, 0.15) is 0 Å². The number of hydrogen-bond donors (Lipinski definition) is 3. The van der Waals surface area contributed by atoms with Gasteiger partial charge in [-0.3, -0.25) is 0 Å². The molecular formula is C27H32O10Po. The molecule has 11 heteroatoms. The molecule has 0 amide bonds. The molecular weight excluding hydrogens is 693 g/mol. The molecule has 0 aromatic heterocycles. The van der Waals surface area contributed by atoms with Crippen LogP contribution < -0.4 is 9.47 Å². The molecule has 2 atom stereocenters. The quantitative estimate of drug-likeness (QED) is 0.192. The van der Waals surface area contributed by atoms with E-state index in [-0.39, 0.29) is 42.5 Å². The summed E-state index contributed by atoms with van der Waals surface area (Å²) in [4.78, 5) is 45.2. The Kier molecular flexibility index (Phi) is 13.6. The Morgan fingerprint density at radius 1 is 0.737 bits per heavy atom. The van der Waals surface area contributed by atoms with Crippen LogP contribution in [0.5, 0.6) is 11.5 Å². The second-order valence-electron chi connectivity index (χ2n) is 8.73. The molecule has 3 N–H and O–H groups in total. The molecule has 0 spiro atoms. The summed E-state index contributed by atoms with van der Waals surface area (Å²) in [5, 5.41) is 27.0. The molecule has 0 saturated carbocycles. The molecule has 206 valence electrons. The van der Waals surface area contributed by atoms with Gasteiger partial charge in [0, 0.05) is 0 Å². The van der Waals surface area contributed by atoms with E-state index in [1.54, 1.807) is 24.3 Å². The molecule has 0 heterocycles. The number of benzene rings is 2. The van der Waals surface area contributed by atoms with Gasteiger partial charge < -0.3 is 5.11 Å². The van der Waals surface area contributed by atoms with Gasteiger partial charge in [-0.15, -0.1) is 0 Å². The second kappa shape index (κ2) is 16.6. The van der Waals surface area contributed by atoms with Crippen LogP contribution in [0.25, 0.3) is 0 Å². The van der Waals surface area contributed by atoms with Gasteiger partial charge in [-0.05, 0) is 0 Å². The Hall–Kier alpha value is -3.18. The SMILES string of the molecule is O=C(O)CCCCCCC(CC(=O)[O][PoH])C(CCOc1ccc(C(=O)O)cc1)Oc1ccc(C(=O)O)cc1. The molecule has 38 heavy (non-hydrogen) atoms. The van der Waals surface area contributed by atoms with Gasteiger partial charge in [0.2, 0.25) is 0 Å². The van der Waals surface area contributed by atoms with Gasteiger partial charge >= 0.3 is 227 Å². The summed E-state index contributed by atoms with van der Waals surface area (Å²) in [7, 11) is 0. The summed E-state index contributed by atoms with van der Waals surface area (Å²) in [6, 6.07) is 12.0. The van der Waals surface area contributed by atoms with E-state index in [1.165, 1.54) is 24.3 Å². The number of unbranched alkanes of at least 4 members (excludes halogenated alkanes) is 3. The van der Waals surface area contributed by atoms with Crippen molar-refractivity contribution in [2.45, 2.75) is 57.5 Å². The Balaban J connectivity index is 2.11. The molecule has 2 aromatic rings. The number of aliphatic carboxylic acids is 1. The van der Waals surface area contributed by atoms with Crippen molar-refractivity contribution < 1.29 is 46.7 Å². The first kappa shape index (κ1) is 31.0. The minimum atomic E-state index is -1.05. The average molecular weight is 726 g/mol. The zero-order valence-corrected chi connectivity index (χ0v) is 24.3. The third-order valence-corrected chi connectivity index (χ3v) is 6.72. The summed E-state index contributed by atoms with van der Waals surface area (Å²) >= 11 is 0.478. The summed E-state index contributed by atoms with van der Waals surface area (Å²) in [6.07, 6.45) is 3.78. The van der Waals surface area contributed by atoms with Crippen molar-refractivity contribution in [3.63, 3.8) is 0 Å². The van der Waals surface area contributed by atoms with Crippen LogP contribution in [-0.2, 0) is 12.4 Å². The van der Waals surface area contributed by atoms with Crippen LogP contribution in [0.1, 0.15) is 72.1 Å². The van der Waals surface area contributed by atoms with Crippen LogP contribution in [-0.4, -0.2) is 77.4 Å². The number of hydrogen-bond acceptors (Lipinski definition) is 7. The maximum absolute atomic E-state index is 12.2. The second-order valence-corrected chi connectivity index (χ2v) is 9.44. The van der Waals surface area contributed by atoms with Crippen LogP contribution >= 0.6 is 0 Å². The average Bonchev–Trinajstić information content (AvgIpc) is 2.89. The van der Waals surface area contributed by atoms with Crippen molar-refractivity contribution in [3.8, 4) is 11.5 Å². The fraction of sp³-hybridized carbons (Fsp3) is 0.407. The monoisotopic (exact) mass is 725 g/mol. The molecule has 0 aliphatic carbocycles. The van der Waals surface area contributed by atoms with Crippen molar-refractivity contribution in [2.24, 2.45) is 5.92 Å². The van der Waals surface area contributed by atoms with E-state index in [1.807, 2.05) is 0 Å². The van der Waals surface area contributed by atoms with Crippen molar-refractivity contribution in [1.82, 2.24) is 0 Å². The van der Waals surface area contributed by atoms with E-state index in [0.717, 1.165) is 19.3 Å². The van der Waals surface area contributed by atoms with Crippen LogP contribution in [0.3, 0.4) is 0 Å². The van der Waals surface area contributed by atoms with E-state index in [4.69, 9.17) is 27.6 Å². The van der Waals surface area contributed by atoms with Gasteiger partial charge in [0.15, 0.2) is 0 Å². The standard InChI is InChI=1S/C27H32O10.Po.H/c28-24(29)6-4-2-1-3-5-20(17-25(30)31)23(37-22-13-9-19(10-14-22)27(34)35)15-16-36-21-11-7-18(8-12-21)26(32)33;;/h7-14,20,23H,1-6,15-17H2,(H,28,29)(H,30,31)(H,32,33)(H,34,35);;/q;+1;/p-1. The predicted molar refractivity (Wildman–Crippen MR) is 138 cm³/mol. The fourth-order valence-corrected chi connectivity index (χ4v) is 4.23. The number of carboxylic acid groups (broad SMARTS) is 3. The molecule has 0 aliphatic rings. The van der Waals surface area contributed by atoms with E-state index >= 15 is 0 Å². The van der Waals surface area contributed by atoms with Crippen molar-refractivity contribution in [2.75, 3.05) is 6.61 Å². The summed E-state index contributed by atoms with van der Waals surface area (Å²) in [5.41, 5.74) is 0.270. The first-order valence-corrected chi connectivity index (χ1v) is 13.6. The first-order valence-electron chi connectivity index (χ1n) is 12.2. The van der Waals surface area contributed by atoms with E-state index in [0.29, 0.717) is 56.3 Å². The van der Waals surface area contributed by atoms with Crippen molar-refractivity contribution in [3.05, 3.63) is 59.7 Å². The zero-order valence-electron chi connectivity index (χ0n) is 20.8. The molecule has 0 saturated heterocycles. The molecule has 0 aliphatic heterocycles. The van der Waals surface area contributed by atoms with Crippen molar-refractivity contribution in [1.29, 1.82) is 0 Å². The van der Waals surface area contributed by atoms with E-state index in [9.17, 15) is 19.2 Å². The summed E-state index contributed by atoms with van der Waals surface area (Å²) in [5.74, 6) is -2.52. The number of carbonyl (C=O) groups excluding carboxylic acids is 1. The topological polar surface area (TPSA) is 157 Å². The third kappa shape index (κ3) is 11.5. The Morgan fingerprint density at radius 3 is 1.82 bits per heavy atom. The van der Waals surface area contributed by atoms with Gasteiger partial charge in [-0.25, -0.2) is 4.79 Å². The molecule has 0 bridgehead atoms. The third-order valence-electron chi connectivity index (χ3n) is 5.93. The van der Waals surface area contributed by atoms with Gasteiger partial charge in [0.05, 0.1) is 0 Å². The predicted octanol–water partition coefficient (Wildman–Crippen LogP) is 4.09. The molecule has 2 aromatic carbocycles. The first-order chi connectivity index (χ1) is 18.2. The molecule has 2 unspecified atom stereocenters. The zero-order chi connectivity index (χ0) is 27.9. The van der Waals surface area contributed by atoms with Crippen LogP contribution in [0, 0.1) is 5.92 Å². The molecule has 0 radical (unpaired) electrons. The number of ether oxygens (including phenoxy) is 2. The van der Waals surface area contributed by atoms with Crippen LogP contribution in [0.4, 0.5) is 0 Å². The van der Waals surface area contributed by atoms with E-state index < -0.39 is 24.0 Å². The van der Waals surface area contributed by atoms with E-state index in [2.05, 4.69) is 0 Å².